The molecule has 0 N–H and O–H groups in total. The van der Waals surface area contributed by atoms with Gasteiger partial charge < -0.3 is 0 Å². The molecule has 3 aromatic rings. The summed E-state index contributed by atoms with van der Waals surface area (Å²) in [5.41, 5.74) is 10.7. The van der Waals surface area contributed by atoms with Crippen LogP contribution in [0.1, 0.15) is 94.0 Å². The first-order chi connectivity index (χ1) is 18.1. The summed E-state index contributed by atoms with van der Waals surface area (Å²) in [6.45, 7) is 9.04. The number of rotatable bonds is 14. The molecule has 0 aliphatic heterocycles. The van der Waals surface area contributed by atoms with E-state index in [0.29, 0.717) is 0 Å². The first-order valence-electron chi connectivity index (χ1n) is 14.5. The van der Waals surface area contributed by atoms with Crippen LogP contribution in [0, 0.1) is 0 Å². The molecule has 0 aliphatic rings. The number of hydrogen-bond acceptors (Lipinski definition) is 1. The normalized spacial score (nSPS) is 12.0. The second kappa shape index (κ2) is 15.3. The Bertz CT molecular complexity index is 1170. The Balaban J connectivity index is 1.84. The fourth-order valence-corrected chi connectivity index (χ4v) is 5.13. The summed E-state index contributed by atoms with van der Waals surface area (Å²) in [6, 6.07) is 22.2. The van der Waals surface area contributed by atoms with E-state index in [4.69, 9.17) is 5.11 Å². The number of hydrogen-bond donors (Lipinski definition) is 0. The summed E-state index contributed by atoms with van der Waals surface area (Å²) in [5, 5.41) is 4.94. The smallest absolute Gasteiger partial charge is 0.0934 e. The predicted octanol–water partition coefficient (Wildman–Crippen LogP) is 10.3. The summed E-state index contributed by atoms with van der Waals surface area (Å²) >= 11 is 0. The monoisotopic (exact) mass is 495 g/mol. The van der Waals surface area contributed by atoms with E-state index in [1.165, 1.54) is 90.3 Å². The highest BCUT2D eigenvalue weighted by Crippen LogP contribution is 2.32. The van der Waals surface area contributed by atoms with Gasteiger partial charge in [-0.3, -0.25) is 0 Å². The first kappa shape index (κ1) is 28.6. The highest BCUT2D eigenvalue weighted by molar-refractivity contribution is 5.72. The van der Waals surface area contributed by atoms with E-state index in [2.05, 4.69) is 101 Å². The molecular formula is C35H47N2+. The van der Waals surface area contributed by atoms with Crippen LogP contribution in [0.4, 0.5) is 5.69 Å². The second-order valence-electron chi connectivity index (χ2n) is 10.1. The van der Waals surface area contributed by atoms with Crippen molar-refractivity contribution in [2.75, 3.05) is 7.05 Å². The summed E-state index contributed by atoms with van der Waals surface area (Å²) in [7, 11) is 2.03. The van der Waals surface area contributed by atoms with Crippen molar-refractivity contribution in [2.45, 2.75) is 91.9 Å². The highest BCUT2D eigenvalue weighted by Gasteiger charge is 2.12. The Morgan fingerprint density at radius 1 is 0.703 bits per heavy atom. The maximum atomic E-state index is 4.94. The van der Waals surface area contributed by atoms with Gasteiger partial charge in [-0.1, -0.05) is 107 Å². The van der Waals surface area contributed by atoms with Crippen molar-refractivity contribution in [1.82, 2.24) is 0 Å². The third kappa shape index (κ3) is 8.52. The van der Waals surface area contributed by atoms with Crippen LogP contribution in [-0.2, 0) is 25.7 Å². The van der Waals surface area contributed by atoms with Gasteiger partial charge in [0, 0.05) is 6.08 Å². The third-order valence-corrected chi connectivity index (χ3v) is 7.23. The molecule has 0 atom stereocenters. The molecule has 0 unspecified atom stereocenters. The van der Waals surface area contributed by atoms with E-state index in [1.807, 2.05) is 11.7 Å². The molecule has 37 heavy (non-hydrogen) atoms. The molecule has 3 aromatic carbocycles. The van der Waals surface area contributed by atoms with Crippen LogP contribution < -0.4 is 0 Å². The molecule has 0 saturated carbocycles. The predicted molar refractivity (Wildman–Crippen MR) is 161 cm³/mol. The van der Waals surface area contributed by atoms with Gasteiger partial charge in [0.05, 0.1) is 0 Å². The van der Waals surface area contributed by atoms with E-state index in [-0.39, 0.29) is 0 Å². The van der Waals surface area contributed by atoms with Gasteiger partial charge in [-0.15, -0.1) is 0 Å². The molecule has 0 saturated heterocycles. The van der Waals surface area contributed by atoms with Crippen LogP contribution in [0.5, 0.6) is 0 Å². The van der Waals surface area contributed by atoms with Crippen molar-refractivity contribution in [3.8, 4) is 11.1 Å². The molecule has 0 bridgehead atoms. The van der Waals surface area contributed by atoms with Crippen molar-refractivity contribution in [3.05, 3.63) is 94.7 Å². The quantitative estimate of drug-likeness (QED) is 0.120. The molecule has 0 heterocycles. The van der Waals surface area contributed by atoms with E-state index in [9.17, 15) is 0 Å². The maximum Gasteiger partial charge on any atom is 0.196 e. The SMILES string of the molecule is CCCCCCc1ccc(C=C[N+](C)=Nc2cc(CC)c(CC)c(-c3ccccc3)c2)cc1CCCC. The van der Waals surface area contributed by atoms with Crippen LogP contribution in [0.15, 0.2) is 72.0 Å². The Kier molecular flexibility index (Phi) is 11.8. The van der Waals surface area contributed by atoms with Crippen molar-refractivity contribution in [2.24, 2.45) is 5.11 Å². The van der Waals surface area contributed by atoms with Crippen molar-refractivity contribution in [3.63, 3.8) is 0 Å². The van der Waals surface area contributed by atoms with Crippen LogP contribution >= 0.6 is 0 Å². The first-order valence-corrected chi connectivity index (χ1v) is 14.5. The topological polar surface area (TPSA) is 15.4 Å². The summed E-state index contributed by atoms with van der Waals surface area (Å²) in [4.78, 5) is 0. The summed E-state index contributed by atoms with van der Waals surface area (Å²) < 4.78 is 1.94. The minimum absolute atomic E-state index is 1.01. The van der Waals surface area contributed by atoms with Crippen molar-refractivity contribution >= 4 is 11.8 Å². The van der Waals surface area contributed by atoms with Gasteiger partial charge in [-0.2, -0.15) is 0 Å². The van der Waals surface area contributed by atoms with Crippen molar-refractivity contribution in [1.29, 1.82) is 0 Å². The number of unbranched alkanes of at least 4 members (excludes halogenated alkanes) is 4. The molecule has 196 valence electrons. The van der Waals surface area contributed by atoms with Crippen LogP contribution in [0.3, 0.4) is 0 Å². The lowest BCUT2D eigenvalue weighted by Crippen LogP contribution is -1.97. The molecule has 0 amide bonds. The van der Waals surface area contributed by atoms with Crippen LogP contribution in [-0.4, -0.2) is 11.7 Å². The van der Waals surface area contributed by atoms with Gasteiger partial charge in [0.25, 0.3) is 0 Å². The standard InChI is InChI=1S/C35H47N2/c1-6-10-12-14-18-30-22-21-28(25-32(30)17-11-7-2)23-24-37(5)36-33-26-29(8-3)34(9-4)35(27-33)31-19-15-13-16-20-31/h13,15-16,19-27H,6-12,14,17-18H2,1-5H3/q+1. The van der Waals surface area contributed by atoms with E-state index < -0.39 is 0 Å². The molecule has 0 aliphatic carbocycles. The number of benzene rings is 3. The van der Waals surface area contributed by atoms with E-state index in [1.54, 1.807) is 0 Å². The number of nitrogens with zero attached hydrogens (tertiary/aromatic N) is 2. The van der Waals surface area contributed by atoms with E-state index >= 15 is 0 Å². The molecule has 0 aromatic heterocycles. The second-order valence-corrected chi connectivity index (χ2v) is 10.1. The molecular weight excluding hydrogens is 448 g/mol. The average Bonchev–Trinajstić information content (AvgIpc) is 2.93. The average molecular weight is 496 g/mol. The lowest BCUT2D eigenvalue weighted by molar-refractivity contribution is -0.491. The molecule has 3 rings (SSSR count). The molecule has 0 spiro atoms. The minimum atomic E-state index is 1.01. The van der Waals surface area contributed by atoms with Gasteiger partial charge >= 0.3 is 0 Å². The Labute approximate surface area is 226 Å². The Hall–Kier alpha value is -3.00. The Morgan fingerprint density at radius 2 is 1.46 bits per heavy atom. The molecule has 2 heteroatoms. The van der Waals surface area contributed by atoms with Gasteiger partial charge in [0.2, 0.25) is 0 Å². The van der Waals surface area contributed by atoms with Gasteiger partial charge in [0.1, 0.15) is 5.69 Å². The Morgan fingerprint density at radius 3 is 2.16 bits per heavy atom. The minimum Gasteiger partial charge on any atom is -0.0934 e. The number of azo groups is 2. The van der Waals surface area contributed by atoms with Crippen LogP contribution in [0.25, 0.3) is 17.2 Å². The van der Waals surface area contributed by atoms with Gasteiger partial charge in [-0.25, -0.2) is 0 Å². The molecule has 2 nitrogen and oxygen atoms in total. The fraction of sp³-hybridized carbons (Fsp3) is 0.429. The highest BCUT2D eigenvalue weighted by atomic mass is 15.2. The fourth-order valence-electron chi connectivity index (χ4n) is 5.13. The summed E-state index contributed by atoms with van der Waals surface area (Å²) in [6.07, 6.45) is 16.4. The largest absolute Gasteiger partial charge is 0.196 e. The van der Waals surface area contributed by atoms with E-state index in [0.717, 1.165) is 18.5 Å². The molecule has 0 radical (unpaired) electrons. The summed E-state index contributed by atoms with van der Waals surface area (Å²) in [5.74, 6) is 0. The zero-order valence-corrected chi connectivity index (χ0v) is 23.9. The third-order valence-electron chi connectivity index (χ3n) is 7.23. The van der Waals surface area contributed by atoms with Gasteiger partial charge in [0.15, 0.2) is 13.2 Å². The lowest BCUT2D eigenvalue weighted by atomic mass is 9.92. The zero-order valence-electron chi connectivity index (χ0n) is 23.9. The van der Waals surface area contributed by atoms with Gasteiger partial charge in [-0.05, 0) is 94.7 Å². The maximum absolute atomic E-state index is 4.94. The van der Waals surface area contributed by atoms with Crippen LogP contribution in [0.2, 0.25) is 0 Å². The zero-order chi connectivity index (χ0) is 26.5. The molecule has 0 fully saturated rings. The van der Waals surface area contributed by atoms with Crippen molar-refractivity contribution < 1.29 is 4.70 Å². The number of aryl methyl sites for hydroxylation is 3. The lowest BCUT2D eigenvalue weighted by Gasteiger charge is -2.13.